The molecule has 0 aromatic carbocycles. The summed E-state index contributed by atoms with van der Waals surface area (Å²) in [5.74, 6) is 0.393. The molecule has 84 valence electrons. The molecule has 0 amide bonds. The Hall–Kier alpha value is 0.120. The molecule has 1 heterocycles. The summed E-state index contributed by atoms with van der Waals surface area (Å²) < 4.78 is 10.9. The Morgan fingerprint density at radius 3 is 3.00 bits per heavy atom. The van der Waals surface area contributed by atoms with Gasteiger partial charge in [-0.3, -0.25) is 0 Å². The molecule has 0 spiro atoms. The number of carbonyl (C=O) groups is 1. The second-order valence-electron chi connectivity index (χ2n) is 3.35. The van der Waals surface area contributed by atoms with Crippen LogP contribution in [-0.2, 0) is 14.3 Å². The third-order valence-electron chi connectivity index (χ3n) is 2.52. The quantitative estimate of drug-likeness (QED) is 0.260. The van der Waals surface area contributed by atoms with Gasteiger partial charge in [-0.2, -0.15) is 0 Å². The number of carbonyl (C=O) groups excluding carboxylic acids is 1. The van der Waals surface area contributed by atoms with Crippen molar-refractivity contribution in [1.29, 1.82) is 0 Å². The van der Waals surface area contributed by atoms with E-state index in [1.165, 1.54) is 0 Å². The van der Waals surface area contributed by atoms with Crippen LogP contribution in [-0.4, -0.2) is 32.5 Å². The van der Waals surface area contributed by atoms with E-state index < -0.39 is 0 Å². The van der Waals surface area contributed by atoms with Crippen molar-refractivity contribution >= 4 is 6.47 Å². The predicted molar refractivity (Wildman–Crippen MR) is 46.1 cm³/mol. The molecule has 4 atom stereocenters. The molecule has 0 bridgehead atoms. The van der Waals surface area contributed by atoms with E-state index in [2.05, 4.69) is 6.92 Å². The van der Waals surface area contributed by atoms with Crippen molar-refractivity contribution in [3.63, 3.8) is 0 Å². The number of halogens is 1. The fourth-order valence-electron chi connectivity index (χ4n) is 1.71. The van der Waals surface area contributed by atoms with Gasteiger partial charge in [0.1, 0.15) is 0 Å². The van der Waals surface area contributed by atoms with Gasteiger partial charge in [-0.05, 0) is 0 Å². The van der Waals surface area contributed by atoms with Gasteiger partial charge in [0.05, 0.1) is 0 Å². The molecular formula is C9H16IO4-. The Kier molecular flexibility index (Phi) is 5.11. The first-order chi connectivity index (χ1) is 6.69. The molecule has 4 nitrogen and oxygen atoms in total. The molecule has 1 saturated heterocycles. The number of aliphatic hydroxyl groups excluding tert-OH is 1. The maximum absolute atomic E-state index is 10.2. The van der Waals surface area contributed by atoms with E-state index >= 15 is 0 Å². The molecule has 14 heavy (non-hydrogen) atoms. The Morgan fingerprint density at radius 1 is 1.71 bits per heavy atom. The third kappa shape index (κ3) is 3.06. The van der Waals surface area contributed by atoms with Crippen molar-refractivity contribution in [2.75, 3.05) is 6.79 Å². The Bertz CT molecular complexity index is 188. The normalized spacial score (nSPS) is 34.6. The van der Waals surface area contributed by atoms with E-state index in [0.717, 1.165) is 6.42 Å². The SMILES string of the molecule is C[C@@H]1[I-]C(OCO)CC1[C@@H](C)OC=O. The first-order valence-electron chi connectivity index (χ1n) is 4.62. The molecular weight excluding hydrogens is 299 g/mol. The van der Waals surface area contributed by atoms with Gasteiger partial charge in [-0.25, -0.2) is 0 Å². The average Bonchev–Trinajstić information content (AvgIpc) is 2.48. The van der Waals surface area contributed by atoms with Crippen LogP contribution < -0.4 is 21.2 Å². The second kappa shape index (κ2) is 5.87. The number of hydrogen-bond donors (Lipinski definition) is 1. The van der Waals surface area contributed by atoms with E-state index in [4.69, 9.17) is 14.6 Å². The van der Waals surface area contributed by atoms with Crippen LogP contribution in [0, 0.1) is 5.92 Å². The number of ether oxygens (including phenoxy) is 2. The topological polar surface area (TPSA) is 55.8 Å². The van der Waals surface area contributed by atoms with Gasteiger partial charge in [0, 0.05) is 0 Å². The first-order valence-corrected chi connectivity index (χ1v) is 7.11. The van der Waals surface area contributed by atoms with Crippen molar-refractivity contribution in [2.24, 2.45) is 5.92 Å². The van der Waals surface area contributed by atoms with Crippen LogP contribution in [0.5, 0.6) is 0 Å². The van der Waals surface area contributed by atoms with Crippen LogP contribution >= 0.6 is 0 Å². The van der Waals surface area contributed by atoms with Gasteiger partial charge >= 0.3 is 94.2 Å². The summed E-state index contributed by atoms with van der Waals surface area (Å²) >= 11 is -0.0562. The molecule has 1 fully saturated rings. The van der Waals surface area contributed by atoms with Crippen LogP contribution in [0.1, 0.15) is 20.3 Å². The van der Waals surface area contributed by atoms with E-state index in [0.29, 0.717) is 16.3 Å². The standard InChI is InChI=1S/C9H16IO4/c1-6-8(7(2)13-4-11)3-9(10-6)14-5-12/h4,6-9,12H,3,5H2,1-2H3/q-1/t6-,7+,8?,9?/m0/s1. The van der Waals surface area contributed by atoms with Crippen LogP contribution in [0.15, 0.2) is 0 Å². The summed E-state index contributed by atoms with van der Waals surface area (Å²) in [6.07, 6.45) is 0.874. The summed E-state index contributed by atoms with van der Waals surface area (Å²) in [5.41, 5.74) is 0. The number of alkyl halides is 2. The summed E-state index contributed by atoms with van der Waals surface area (Å²) in [7, 11) is 0. The number of aliphatic hydroxyl groups is 1. The monoisotopic (exact) mass is 315 g/mol. The Labute approximate surface area is 94.2 Å². The van der Waals surface area contributed by atoms with Crippen LogP contribution in [0.25, 0.3) is 0 Å². The zero-order chi connectivity index (χ0) is 10.6. The molecule has 0 saturated carbocycles. The minimum atomic E-state index is -0.202. The zero-order valence-corrected chi connectivity index (χ0v) is 10.5. The van der Waals surface area contributed by atoms with E-state index in [1.54, 1.807) is 0 Å². The molecule has 1 aliphatic rings. The fourth-order valence-corrected chi connectivity index (χ4v) is 5.63. The fraction of sp³-hybridized carbons (Fsp3) is 0.889. The van der Waals surface area contributed by atoms with Crippen molar-refractivity contribution in [2.45, 2.75) is 34.4 Å². The van der Waals surface area contributed by atoms with Crippen molar-refractivity contribution in [3.8, 4) is 0 Å². The molecule has 1 rings (SSSR count). The molecule has 5 heteroatoms. The predicted octanol–water partition coefficient (Wildman–Crippen LogP) is -2.66. The van der Waals surface area contributed by atoms with Gasteiger partial charge in [-0.15, -0.1) is 0 Å². The summed E-state index contributed by atoms with van der Waals surface area (Å²) in [6.45, 7) is 4.40. The van der Waals surface area contributed by atoms with E-state index in [-0.39, 0.29) is 38.2 Å². The summed E-state index contributed by atoms with van der Waals surface area (Å²) in [4.78, 5) is 10.2. The average molecular weight is 315 g/mol. The molecule has 0 aromatic rings. The Morgan fingerprint density at radius 2 is 2.43 bits per heavy atom. The van der Waals surface area contributed by atoms with Crippen LogP contribution in [0.2, 0.25) is 0 Å². The van der Waals surface area contributed by atoms with Gasteiger partial charge < -0.3 is 0 Å². The second-order valence-corrected chi connectivity index (χ2v) is 7.42. The van der Waals surface area contributed by atoms with Gasteiger partial charge in [0.2, 0.25) is 0 Å². The molecule has 1 N–H and O–H groups in total. The molecule has 2 unspecified atom stereocenters. The number of rotatable bonds is 5. The van der Waals surface area contributed by atoms with Gasteiger partial charge in [0.25, 0.3) is 0 Å². The van der Waals surface area contributed by atoms with Gasteiger partial charge in [-0.1, -0.05) is 0 Å². The Balaban J connectivity index is 2.42. The molecule has 0 radical (unpaired) electrons. The van der Waals surface area contributed by atoms with Crippen molar-refractivity contribution < 1.29 is 40.6 Å². The molecule has 0 aromatic heterocycles. The summed E-state index contributed by atoms with van der Waals surface area (Å²) in [6, 6.07) is 0. The van der Waals surface area contributed by atoms with Crippen LogP contribution in [0.4, 0.5) is 0 Å². The minimum absolute atomic E-state index is 0.0329. The summed E-state index contributed by atoms with van der Waals surface area (Å²) in [5, 5.41) is 8.65. The van der Waals surface area contributed by atoms with Crippen molar-refractivity contribution in [3.05, 3.63) is 0 Å². The third-order valence-corrected chi connectivity index (χ3v) is 6.24. The van der Waals surface area contributed by atoms with E-state index in [1.807, 2.05) is 6.92 Å². The van der Waals surface area contributed by atoms with Crippen molar-refractivity contribution in [1.82, 2.24) is 0 Å². The van der Waals surface area contributed by atoms with E-state index in [9.17, 15) is 4.79 Å². The number of hydrogen-bond acceptors (Lipinski definition) is 4. The first kappa shape index (κ1) is 12.2. The zero-order valence-electron chi connectivity index (χ0n) is 8.35. The maximum atomic E-state index is 10.2. The van der Waals surface area contributed by atoms with Crippen LogP contribution in [0.3, 0.4) is 0 Å². The molecule has 0 aliphatic carbocycles. The van der Waals surface area contributed by atoms with Gasteiger partial charge in [0.15, 0.2) is 0 Å². The molecule has 1 aliphatic heterocycles.